The summed E-state index contributed by atoms with van der Waals surface area (Å²) in [6, 6.07) is 6.40. The Balaban J connectivity index is 1.61. The number of benzene rings is 1. The fourth-order valence-corrected chi connectivity index (χ4v) is 5.52. The van der Waals surface area contributed by atoms with E-state index in [1.165, 1.54) is 29.0 Å². The highest BCUT2D eigenvalue weighted by atomic mass is 32.2. The smallest absolute Gasteiger partial charge is 0.262 e. The molecule has 1 aromatic carbocycles. The third-order valence-corrected chi connectivity index (χ3v) is 7.39. The van der Waals surface area contributed by atoms with E-state index < -0.39 is 10.0 Å². The molecule has 0 radical (unpaired) electrons. The molecule has 4 atom stereocenters. The molecule has 0 aliphatic carbocycles. The van der Waals surface area contributed by atoms with E-state index in [2.05, 4.69) is 10.3 Å². The minimum Gasteiger partial charge on any atom is -0.377 e. The predicted molar refractivity (Wildman–Crippen MR) is 102 cm³/mol. The van der Waals surface area contributed by atoms with E-state index in [1.807, 2.05) is 6.92 Å². The van der Waals surface area contributed by atoms with Crippen molar-refractivity contribution in [3.05, 3.63) is 48.2 Å². The van der Waals surface area contributed by atoms with Crippen molar-refractivity contribution < 1.29 is 17.5 Å². The Morgan fingerprint density at radius 1 is 1.21 bits per heavy atom. The van der Waals surface area contributed by atoms with Crippen molar-refractivity contribution in [3.63, 3.8) is 0 Å². The Labute approximate surface area is 164 Å². The van der Waals surface area contributed by atoms with Crippen LogP contribution in [0.3, 0.4) is 0 Å². The minimum absolute atomic E-state index is 0.0473. The maximum Gasteiger partial charge on any atom is 0.262 e. The van der Waals surface area contributed by atoms with E-state index in [4.69, 9.17) is 4.74 Å². The Hall–Kier alpha value is -1.81. The van der Waals surface area contributed by atoms with Crippen molar-refractivity contribution in [2.45, 2.75) is 42.5 Å². The molecule has 1 N–H and O–H groups in total. The van der Waals surface area contributed by atoms with Crippen LogP contribution in [0.15, 0.2) is 41.8 Å². The van der Waals surface area contributed by atoms with Gasteiger partial charge in [-0.05, 0) is 31.0 Å². The van der Waals surface area contributed by atoms with E-state index in [1.54, 1.807) is 23.7 Å². The maximum atomic E-state index is 13.4. The van der Waals surface area contributed by atoms with Gasteiger partial charge in [-0.25, -0.2) is 17.8 Å². The number of imidazole rings is 1. The highest BCUT2D eigenvalue weighted by Crippen LogP contribution is 2.32. The lowest BCUT2D eigenvalue weighted by atomic mass is 9.93. The van der Waals surface area contributed by atoms with Crippen molar-refractivity contribution in [3.8, 4) is 0 Å². The van der Waals surface area contributed by atoms with Crippen LogP contribution in [0, 0.1) is 5.82 Å². The standard InChI is InChI=1S/C19H25FN4O3S/c1-13-17(7-8-27-13)22-18-10-24(28(25,26)19-11-23(2)12-21-19)9-16(18)14-3-5-15(20)6-4-14/h3-6,11-13,16-18,22H,7-10H2,1-2H3/t13?,16-,17?,18+/m0/s1. The van der Waals surface area contributed by atoms with E-state index in [9.17, 15) is 12.8 Å². The summed E-state index contributed by atoms with van der Waals surface area (Å²) in [7, 11) is -1.95. The predicted octanol–water partition coefficient (Wildman–Crippen LogP) is 1.48. The Morgan fingerprint density at radius 3 is 2.57 bits per heavy atom. The molecular formula is C19H25FN4O3S. The molecule has 1 aromatic heterocycles. The number of nitrogens with zero attached hydrogens (tertiary/aromatic N) is 3. The number of sulfonamides is 1. The number of hydrogen-bond acceptors (Lipinski definition) is 5. The Bertz CT molecular complexity index is 931. The fraction of sp³-hybridized carbons (Fsp3) is 0.526. The summed E-state index contributed by atoms with van der Waals surface area (Å²) >= 11 is 0. The summed E-state index contributed by atoms with van der Waals surface area (Å²) in [5.74, 6) is -0.381. The first-order valence-corrected chi connectivity index (χ1v) is 10.9. The highest BCUT2D eigenvalue weighted by Gasteiger charge is 2.42. The minimum atomic E-state index is -3.69. The summed E-state index contributed by atoms with van der Waals surface area (Å²) in [6.45, 7) is 3.38. The number of ether oxygens (including phenoxy) is 1. The first-order valence-electron chi connectivity index (χ1n) is 9.46. The monoisotopic (exact) mass is 408 g/mol. The summed E-state index contributed by atoms with van der Waals surface area (Å²) in [4.78, 5) is 4.03. The van der Waals surface area contributed by atoms with Crippen molar-refractivity contribution in [1.29, 1.82) is 0 Å². The summed E-state index contributed by atoms with van der Waals surface area (Å²) in [5.41, 5.74) is 0.921. The molecule has 7 nitrogen and oxygen atoms in total. The lowest BCUT2D eigenvalue weighted by Gasteiger charge is -2.25. The van der Waals surface area contributed by atoms with Gasteiger partial charge in [-0.1, -0.05) is 12.1 Å². The van der Waals surface area contributed by atoms with Crippen LogP contribution in [0.4, 0.5) is 4.39 Å². The molecule has 0 bridgehead atoms. The van der Waals surface area contributed by atoms with Gasteiger partial charge in [-0.2, -0.15) is 4.31 Å². The summed E-state index contributed by atoms with van der Waals surface area (Å²) in [6.07, 6.45) is 3.96. The van der Waals surface area contributed by atoms with Crippen molar-refractivity contribution >= 4 is 10.0 Å². The number of nitrogens with one attached hydrogen (secondary N) is 1. The van der Waals surface area contributed by atoms with E-state index in [0.29, 0.717) is 19.7 Å². The zero-order valence-corrected chi connectivity index (χ0v) is 16.8. The molecule has 2 saturated heterocycles. The molecule has 28 heavy (non-hydrogen) atoms. The number of hydrogen-bond donors (Lipinski definition) is 1. The Morgan fingerprint density at radius 2 is 1.96 bits per heavy atom. The SMILES string of the molecule is CC1OCCC1N[C@@H]1CN(S(=O)(=O)c2cn(C)cn2)C[C@H]1c1ccc(F)cc1. The van der Waals surface area contributed by atoms with Crippen LogP contribution in [-0.2, 0) is 21.8 Å². The van der Waals surface area contributed by atoms with Gasteiger partial charge in [-0.3, -0.25) is 0 Å². The average molecular weight is 408 g/mol. The molecule has 9 heteroatoms. The van der Waals surface area contributed by atoms with Crippen LogP contribution in [0.2, 0.25) is 0 Å². The molecule has 4 rings (SSSR count). The first-order chi connectivity index (χ1) is 13.3. The molecule has 2 aromatic rings. The number of aromatic nitrogens is 2. The highest BCUT2D eigenvalue weighted by molar-refractivity contribution is 7.89. The van der Waals surface area contributed by atoms with E-state index >= 15 is 0 Å². The molecule has 2 unspecified atom stereocenters. The molecule has 3 heterocycles. The van der Waals surface area contributed by atoms with Crippen LogP contribution in [0.25, 0.3) is 0 Å². The van der Waals surface area contributed by atoms with Gasteiger partial charge in [0.1, 0.15) is 5.82 Å². The quantitative estimate of drug-likeness (QED) is 0.811. The first kappa shape index (κ1) is 19.5. The van der Waals surface area contributed by atoms with E-state index in [-0.39, 0.29) is 34.9 Å². The van der Waals surface area contributed by atoms with Crippen LogP contribution >= 0.6 is 0 Å². The lowest BCUT2D eigenvalue weighted by Crippen LogP contribution is -2.45. The van der Waals surface area contributed by atoms with Crippen molar-refractivity contribution in [2.75, 3.05) is 19.7 Å². The van der Waals surface area contributed by atoms with Gasteiger partial charge in [0.15, 0.2) is 5.03 Å². The molecule has 2 fully saturated rings. The second-order valence-corrected chi connectivity index (χ2v) is 9.49. The second-order valence-electron chi connectivity index (χ2n) is 7.60. The number of rotatable bonds is 5. The number of halogens is 1. The molecule has 0 saturated carbocycles. The van der Waals surface area contributed by atoms with Crippen molar-refractivity contribution in [1.82, 2.24) is 19.2 Å². The lowest BCUT2D eigenvalue weighted by molar-refractivity contribution is 0.110. The average Bonchev–Trinajstić information content (AvgIpc) is 3.38. The third-order valence-electron chi connectivity index (χ3n) is 5.67. The summed E-state index contributed by atoms with van der Waals surface area (Å²) < 4.78 is 48.3. The van der Waals surface area contributed by atoms with Crippen molar-refractivity contribution in [2.24, 2.45) is 7.05 Å². The largest absolute Gasteiger partial charge is 0.377 e. The number of aryl methyl sites for hydroxylation is 1. The van der Waals surface area contributed by atoms with Gasteiger partial charge in [0, 0.05) is 50.9 Å². The molecular weight excluding hydrogens is 383 g/mol. The Kier molecular flexibility index (Phi) is 5.26. The third kappa shape index (κ3) is 3.71. The topological polar surface area (TPSA) is 76.5 Å². The van der Waals surface area contributed by atoms with Gasteiger partial charge in [-0.15, -0.1) is 0 Å². The molecule has 152 valence electrons. The summed E-state index contributed by atoms with van der Waals surface area (Å²) in [5, 5.41) is 3.65. The molecule has 2 aliphatic rings. The van der Waals surface area contributed by atoms with Crippen LogP contribution in [0.1, 0.15) is 24.8 Å². The van der Waals surface area contributed by atoms with Gasteiger partial charge in [0.2, 0.25) is 0 Å². The maximum absolute atomic E-state index is 13.4. The van der Waals surface area contributed by atoms with Crippen LogP contribution < -0.4 is 5.32 Å². The van der Waals surface area contributed by atoms with Gasteiger partial charge >= 0.3 is 0 Å². The molecule has 0 amide bonds. The van der Waals surface area contributed by atoms with Gasteiger partial charge < -0.3 is 14.6 Å². The van der Waals surface area contributed by atoms with Gasteiger partial charge in [0.05, 0.1) is 12.4 Å². The normalized spacial score (nSPS) is 28.8. The van der Waals surface area contributed by atoms with E-state index in [0.717, 1.165) is 12.0 Å². The van der Waals surface area contributed by atoms with Gasteiger partial charge in [0.25, 0.3) is 10.0 Å². The zero-order valence-electron chi connectivity index (χ0n) is 16.0. The second kappa shape index (κ2) is 7.55. The fourth-order valence-electron chi connectivity index (χ4n) is 4.06. The molecule has 0 spiro atoms. The molecule has 2 aliphatic heterocycles. The van der Waals surface area contributed by atoms with Crippen LogP contribution in [0.5, 0.6) is 0 Å². The van der Waals surface area contributed by atoms with Crippen LogP contribution in [-0.4, -0.2) is 60.2 Å². The zero-order chi connectivity index (χ0) is 19.9.